The van der Waals surface area contributed by atoms with Gasteiger partial charge in [0.2, 0.25) is 5.91 Å². The standard InChI is InChI=1S/C17H26N4O2S/c1-10(2)13-6-8-14(9-7-13)19-17(24)21-20-16(23)15(11(3)4)18-12(5)22/h6-11,15H,1-5H3,(H,18,22)(H,20,23)(H2,19,21,24)/t15-/m1/s1. The number of carbonyl (C=O) groups excluding carboxylic acids is 2. The Morgan fingerprint density at radius 2 is 1.58 bits per heavy atom. The van der Waals surface area contributed by atoms with Gasteiger partial charge in [-0.05, 0) is 41.7 Å². The van der Waals surface area contributed by atoms with Crippen LogP contribution in [0.4, 0.5) is 5.69 Å². The lowest BCUT2D eigenvalue weighted by atomic mass is 10.0. The third-order valence-corrected chi connectivity index (χ3v) is 3.65. The van der Waals surface area contributed by atoms with E-state index in [1.807, 2.05) is 38.1 Å². The van der Waals surface area contributed by atoms with Crippen molar-refractivity contribution in [2.45, 2.75) is 46.6 Å². The molecule has 0 spiro atoms. The Balaban J connectivity index is 2.52. The fraction of sp³-hybridized carbons (Fsp3) is 0.471. The molecule has 2 amide bonds. The summed E-state index contributed by atoms with van der Waals surface area (Å²) < 4.78 is 0. The summed E-state index contributed by atoms with van der Waals surface area (Å²) >= 11 is 5.15. The van der Waals surface area contributed by atoms with Crippen LogP contribution in [0.5, 0.6) is 0 Å². The highest BCUT2D eigenvalue weighted by molar-refractivity contribution is 7.80. The molecule has 132 valence electrons. The lowest BCUT2D eigenvalue weighted by Gasteiger charge is -2.21. The number of nitrogens with one attached hydrogen (secondary N) is 4. The van der Waals surface area contributed by atoms with Crippen molar-refractivity contribution in [3.63, 3.8) is 0 Å². The summed E-state index contributed by atoms with van der Waals surface area (Å²) in [5.41, 5.74) is 7.22. The van der Waals surface area contributed by atoms with Crippen LogP contribution < -0.4 is 21.5 Å². The Bertz CT molecular complexity index is 585. The van der Waals surface area contributed by atoms with Crippen molar-refractivity contribution in [3.05, 3.63) is 29.8 Å². The zero-order valence-corrected chi connectivity index (χ0v) is 15.6. The van der Waals surface area contributed by atoms with Crippen LogP contribution in [0.1, 0.15) is 46.1 Å². The molecule has 1 atom stereocenters. The Kier molecular flexibility index (Phi) is 7.64. The molecule has 4 N–H and O–H groups in total. The second-order valence-corrected chi connectivity index (χ2v) is 6.68. The monoisotopic (exact) mass is 350 g/mol. The molecule has 0 unspecified atom stereocenters. The molecular weight excluding hydrogens is 324 g/mol. The van der Waals surface area contributed by atoms with Gasteiger partial charge in [0, 0.05) is 12.6 Å². The van der Waals surface area contributed by atoms with Gasteiger partial charge < -0.3 is 10.6 Å². The summed E-state index contributed by atoms with van der Waals surface area (Å²) in [5.74, 6) is -0.180. The maximum absolute atomic E-state index is 12.1. The topological polar surface area (TPSA) is 82.3 Å². The molecule has 0 radical (unpaired) electrons. The number of carbonyl (C=O) groups is 2. The average molecular weight is 350 g/mol. The number of anilines is 1. The predicted octanol–water partition coefficient (Wildman–Crippen LogP) is 2.29. The zero-order chi connectivity index (χ0) is 18.3. The molecule has 0 saturated heterocycles. The third kappa shape index (κ3) is 6.54. The molecule has 0 aliphatic carbocycles. The molecule has 1 aromatic carbocycles. The molecular formula is C17H26N4O2S. The number of benzene rings is 1. The highest BCUT2D eigenvalue weighted by atomic mass is 32.1. The van der Waals surface area contributed by atoms with Crippen molar-refractivity contribution in [2.24, 2.45) is 5.92 Å². The third-order valence-electron chi connectivity index (χ3n) is 3.44. The summed E-state index contributed by atoms with van der Waals surface area (Å²) in [6.07, 6.45) is 0. The average Bonchev–Trinajstić information content (AvgIpc) is 2.50. The number of amides is 2. The summed E-state index contributed by atoms with van der Waals surface area (Å²) in [7, 11) is 0. The molecule has 0 bridgehead atoms. The molecule has 1 rings (SSSR count). The van der Waals surface area contributed by atoms with Gasteiger partial charge in [0.15, 0.2) is 5.11 Å². The lowest BCUT2D eigenvalue weighted by Crippen LogP contribution is -2.54. The largest absolute Gasteiger partial charge is 0.344 e. The summed E-state index contributed by atoms with van der Waals surface area (Å²) in [4.78, 5) is 23.3. The van der Waals surface area contributed by atoms with E-state index >= 15 is 0 Å². The fourth-order valence-electron chi connectivity index (χ4n) is 2.06. The van der Waals surface area contributed by atoms with Gasteiger partial charge in [-0.3, -0.25) is 20.4 Å². The molecule has 0 heterocycles. The molecule has 0 aliphatic heterocycles. The normalized spacial score (nSPS) is 11.8. The lowest BCUT2D eigenvalue weighted by molar-refractivity contribution is -0.129. The first-order valence-corrected chi connectivity index (χ1v) is 8.35. The second-order valence-electron chi connectivity index (χ2n) is 6.27. The molecule has 6 nitrogen and oxygen atoms in total. The highest BCUT2D eigenvalue weighted by Gasteiger charge is 2.22. The quantitative estimate of drug-likeness (QED) is 0.484. The van der Waals surface area contributed by atoms with E-state index in [9.17, 15) is 9.59 Å². The van der Waals surface area contributed by atoms with Crippen LogP contribution in [0.2, 0.25) is 0 Å². The summed E-state index contributed by atoms with van der Waals surface area (Å²) in [6.45, 7) is 9.35. The van der Waals surface area contributed by atoms with Crippen molar-refractivity contribution in [2.75, 3.05) is 5.32 Å². The first-order chi connectivity index (χ1) is 11.2. The summed E-state index contributed by atoms with van der Waals surface area (Å²) in [5, 5.41) is 5.87. The molecule has 7 heteroatoms. The van der Waals surface area contributed by atoms with Crippen LogP contribution in [-0.2, 0) is 9.59 Å². The van der Waals surface area contributed by atoms with Gasteiger partial charge in [-0.15, -0.1) is 0 Å². The summed E-state index contributed by atoms with van der Waals surface area (Å²) in [6, 6.07) is 7.29. The van der Waals surface area contributed by atoms with Gasteiger partial charge in [0.25, 0.3) is 5.91 Å². The van der Waals surface area contributed by atoms with Crippen LogP contribution >= 0.6 is 12.2 Å². The van der Waals surface area contributed by atoms with E-state index in [4.69, 9.17) is 12.2 Å². The van der Waals surface area contributed by atoms with E-state index < -0.39 is 6.04 Å². The van der Waals surface area contributed by atoms with E-state index in [-0.39, 0.29) is 22.8 Å². The first kappa shape index (κ1) is 19.9. The highest BCUT2D eigenvalue weighted by Crippen LogP contribution is 2.16. The molecule has 24 heavy (non-hydrogen) atoms. The smallest absolute Gasteiger partial charge is 0.261 e. The van der Waals surface area contributed by atoms with Crippen LogP contribution in [-0.4, -0.2) is 23.0 Å². The van der Waals surface area contributed by atoms with E-state index in [2.05, 4.69) is 35.3 Å². The van der Waals surface area contributed by atoms with Crippen molar-refractivity contribution in [1.82, 2.24) is 16.2 Å². The second kappa shape index (κ2) is 9.22. The van der Waals surface area contributed by atoms with Crippen LogP contribution in [0.3, 0.4) is 0 Å². The molecule has 0 aromatic heterocycles. The molecule has 0 saturated carbocycles. The van der Waals surface area contributed by atoms with Crippen LogP contribution in [0.25, 0.3) is 0 Å². The molecule has 0 fully saturated rings. The minimum absolute atomic E-state index is 0.0409. The van der Waals surface area contributed by atoms with Crippen molar-refractivity contribution >= 4 is 34.8 Å². The number of rotatable bonds is 5. The van der Waals surface area contributed by atoms with Gasteiger partial charge in [-0.25, -0.2) is 0 Å². The fourth-order valence-corrected chi connectivity index (χ4v) is 2.23. The zero-order valence-electron chi connectivity index (χ0n) is 14.8. The number of thiocarbonyl (C=S) groups is 1. The van der Waals surface area contributed by atoms with Crippen molar-refractivity contribution < 1.29 is 9.59 Å². The molecule has 0 aliphatic rings. The van der Waals surface area contributed by atoms with E-state index in [0.29, 0.717) is 5.92 Å². The first-order valence-electron chi connectivity index (χ1n) is 7.94. The van der Waals surface area contributed by atoms with Crippen molar-refractivity contribution in [1.29, 1.82) is 0 Å². The SMILES string of the molecule is CC(=O)N[C@@H](C(=O)NNC(=S)Nc1ccc(C(C)C)cc1)C(C)C. The van der Waals surface area contributed by atoms with E-state index in [1.54, 1.807) is 0 Å². The predicted molar refractivity (Wildman–Crippen MR) is 100 cm³/mol. The van der Waals surface area contributed by atoms with Crippen molar-refractivity contribution in [3.8, 4) is 0 Å². The van der Waals surface area contributed by atoms with Crippen LogP contribution in [0.15, 0.2) is 24.3 Å². The Hall–Kier alpha value is -2.15. The minimum Gasteiger partial charge on any atom is -0.344 e. The van der Waals surface area contributed by atoms with Gasteiger partial charge in [-0.2, -0.15) is 0 Å². The minimum atomic E-state index is -0.622. The number of hydrogen-bond acceptors (Lipinski definition) is 3. The maximum Gasteiger partial charge on any atom is 0.261 e. The van der Waals surface area contributed by atoms with Crippen LogP contribution in [0, 0.1) is 5.92 Å². The maximum atomic E-state index is 12.1. The number of hydrogen-bond donors (Lipinski definition) is 4. The van der Waals surface area contributed by atoms with Gasteiger partial charge in [0.1, 0.15) is 6.04 Å². The van der Waals surface area contributed by atoms with E-state index in [1.165, 1.54) is 12.5 Å². The number of hydrazine groups is 1. The molecule has 1 aromatic rings. The Morgan fingerprint density at radius 1 is 1.00 bits per heavy atom. The Labute approximate surface area is 148 Å². The van der Waals surface area contributed by atoms with Gasteiger partial charge in [0.05, 0.1) is 0 Å². The Morgan fingerprint density at radius 3 is 2.04 bits per heavy atom. The van der Waals surface area contributed by atoms with Gasteiger partial charge in [-0.1, -0.05) is 39.8 Å². The van der Waals surface area contributed by atoms with E-state index in [0.717, 1.165) is 5.69 Å². The van der Waals surface area contributed by atoms with Gasteiger partial charge >= 0.3 is 0 Å².